The van der Waals surface area contributed by atoms with Crippen molar-refractivity contribution in [3.63, 3.8) is 0 Å². The van der Waals surface area contributed by atoms with Gasteiger partial charge in [-0.2, -0.15) is 0 Å². The predicted molar refractivity (Wildman–Crippen MR) is 96.7 cm³/mol. The van der Waals surface area contributed by atoms with Crippen LogP contribution in [0, 0.1) is 15.5 Å². The highest BCUT2D eigenvalue weighted by Gasteiger charge is 2.39. The molecule has 0 aromatic heterocycles. The maximum absolute atomic E-state index is 12.9. The van der Waals surface area contributed by atoms with Gasteiger partial charge in [-0.25, -0.2) is 0 Å². The standard InChI is InChI=1S/C18H26N4O3/c1-18(2)7-4-8-19-16(18)17(23)21-11-9-20(10-12-21)14-5-3-6-15(13-14)22(24)25/h3,5-6,13,16,19H,4,7-12H2,1-2H3. The van der Waals surface area contributed by atoms with Crippen molar-refractivity contribution in [3.05, 3.63) is 34.4 Å². The van der Waals surface area contributed by atoms with Crippen molar-refractivity contribution >= 4 is 17.3 Å². The van der Waals surface area contributed by atoms with Crippen LogP contribution in [-0.2, 0) is 4.79 Å². The summed E-state index contributed by atoms with van der Waals surface area (Å²) in [6.45, 7) is 7.89. The van der Waals surface area contributed by atoms with E-state index in [1.165, 1.54) is 6.07 Å². The van der Waals surface area contributed by atoms with Crippen LogP contribution in [0.2, 0.25) is 0 Å². The SMILES string of the molecule is CC1(C)CCCNC1C(=O)N1CCN(c2cccc([N+](=O)[O-])c2)CC1. The molecule has 25 heavy (non-hydrogen) atoms. The molecule has 0 radical (unpaired) electrons. The van der Waals surface area contributed by atoms with Crippen LogP contribution < -0.4 is 10.2 Å². The number of carbonyl (C=O) groups is 1. The number of nitro groups is 1. The zero-order valence-electron chi connectivity index (χ0n) is 14.9. The normalized spacial score (nSPS) is 23.4. The molecule has 2 fully saturated rings. The second kappa shape index (κ2) is 7.00. The molecule has 1 aromatic carbocycles. The van der Waals surface area contributed by atoms with Crippen LogP contribution in [0.4, 0.5) is 11.4 Å². The van der Waals surface area contributed by atoms with Crippen molar-refractivity contribution in [3.8, 4) is 0 Å². The number of nitrogens with one attached hydrogen (secondary N) is 1. The lowest BCUT2D eigenvalue weighted by Gasteiger charge is -2.43. The Morgan fingerprint density at radius 3 is 2.64 bits per heavy atom. The smallest absolute Gasteiger partial charge is 0.271 e. The minimum absolute atomic E-state index is 0.0213. The number of amides is 1. The van der Waals surface area contributed by atoms with Gasteiger partial charge in [-0.05, 0) is 30.9 Å². The van der Waals surface area contributed by atoms with Crippen molar-refractivity contribution in [2.45, 2.75) is 32.7 Å². The van der Waals surface area contributed by atoms with Crippen molar-refractivity contribution in [1.82, 2.24) is 10.2 Å². The van der Waals surface area contributed by atoms with E-state index in [4.69, 9.17) is 0 Å². The van der Waals surface area contributed by atoms with Crippen LogP contribution in [0.5, 0.6) is 0 Å². The Hall–Kier alpha value is -2.15. The summed E-state index contributed by atoms with van der Waals surface area (Å²) in [6.07, 6.45) is 2.17. The third-order valence-corrected chi connectivity index (χ3v) is 5.37. The van der Waals surface area contributed by atoms with Crippen LogP contribution in [0.15, 0.2) is 24.3 Å². The first-order valence-electron chi connectivity index (χ1n) is 8.90. The molecule has 2 aliphatic rings. The number of nitro benzene ring substituents is 1. The molecule has 0 bridgehead atoms. The number of piperidine rings is 1. The number of anilines is 1. The molecule has 2 aliphatic heterocycles. The van der Waals surface area contributed by atoms with E-state index in [2.05, 4.69) is 24.1 Å². The summed E-state index contributed by atoms with van der Waals surface area (Å²) >= 11 is 0. The third kappa shape index (κ3) is 3.76. The van der Waals surface area contributed by atoms with Gasteiger partial charge >= 0.3 is 0 Å². The molecule has 7 nitrogen and oxygen atoms in total. The van der Waals surface area contributed by atoms with E-state index in [-0.39, 0.29) is 28.0 Å². The summed E-state index contributed by atoms with van der Waals surface area (Å²) < 4.78 is 0. The molecule has 1 N–H and O–H groups in total. The average Bonchev–Trinajstić information content (AvgIpc) is 2.61. The van der Waals surface area contributed by atoms with Gasteiger partial charge < -0.3 is 15.1 Å². The molecule has 3 rings (SSSR count). The summed E-state index contributed by atoms with van der Waals surface area (Å²) in [6, 6.07) is 6.57. The van der Waals surface area contributed by atoms with E-state index >= 15 is 0 Å². The lowest BCUT2D eigenvalue weighted by molar-refractivity contribution is -0.384. The fourth-order valence-corrected chi connectivity index (χ4v) is 3.80. The summed E-state index contributed by atoms with van der Waals surface area (Å²) in [7, 11) is 0. The molecule has 1 amide bonds. The lowest BCUT2D eigenvalue weighted by atomic mass is 9.77. The molecule has 0 aliphatic carbocycles. The Morgan fingerprint density at radius 1 is 1.28 bits per heavy atom. The molecule has 1 atom stereocenters. The topological polar surface area (TPSA) is 78.7 Å². The fraction of sp³-hybridized carbons (Fsp3) is 0.611. The maximum Gasteiger partial charge on any atom is 0.271 e. The van der Waals surface area contributed by atoms with E-state index in [1.807, 2.05) is 11.0 Å². The molecule has 2 heterocycles. The number of hydrogen-bond acceptors (Lipinski definition) is 5. The quantitative estimate of drug-likeness (QED) is 0.669. The molecule has 0 saturated carbocycles. The van der Waals surface area contributed by atoms with E-state index in [0.29, 0.717) is 26.2 Å². The Morgan fingerprint density at radius 2 is 2.00 bits per heavy atom. The van der Waals surface area contributed by atoms with Crippen LogP contribution in [0.3, 0.4) is 0 Å². The monoisotopic (exact) mass is 346 g/mol. The Bertz CT molecular complexity index is 653. The highest BCUT2D eigenvalue weighted by atomic mass is 16.6. The Balaban J connectivity index is 1.63. The first kappa shape index (κ1) is 17.7. The summed E-state index contributed by atoms with van der Waals surface area (Å²) in [5.41, 5.74) is 0.925. The number of benzene rings is 1. The van der Waals surface area contributed by atoms with Gasteiger partial charge in [-0.15, -0.1) is 0 Å². The van der Waals surface area contributed by atoms with Crippen LogP contribution in [-0.4, -0.2) is 54.5 Å². The van der Waals surface area contributed by atoms with Crippen molar-refractivity contribution < 1.29 is 9.72 Å². The zero-order chi connectivity index (χ0) is 18.0. The molecular formula is C18H26N4O3. The zero-order valence-corrected chi connectivity index (χ0v) is 14.9. The van der Waals surface area contributed by atoms with Crippen molar-refractivity contribution in [2.24, 2.45) is 5.41 Å². The second-order valence-electron chi connectivity index (χ2n) is 7.57. The summed E-state index contributed by atoms with van der Waals surface area (Å²) in [5.74, 6) is 0.184. The van der Waals surface area contributed by atoms with Gasteiger partial charge in [-0.1, -0.05) is 19.9 Å². The van der Waals surface area contributed by atoms with E-state index in [1.54, 1.807) is 12.1 Å². The number of piperazine rings is 1. The van der Waals surface area contributed by atoms with Crippen molar-refractivity contribution in [1.29, 1.82) is 0 Å². The number of hydrogen-bond donors (Lipinski definition) is 1. The van der Waals surface area contributed by atoms with Crippen LogP contribution in [0.1, 0.15) is 26.7 Å². The molecule has 136 valence electrons. The van der Waals surface area contributed by atoms with E-state index in [0.717, 1.165) is 25.1 Å². The number of carbonyl (C=O) groups excluding carboxylic acids is 1. The Labute approximate surface area is 148 Å². The molecule has 2 saturated heterocycles. The second-order valence-corrected chi connectivity index (χ2v) is 7.57. The molecule has 7 heteroatoms. The van der Waals surface area contributed by atoms with E-state index in [9.17, 15) is 14.9 Å². The fourth-order valence-electron chi connectivity index (χ4n) is 3.80. The van der Waals surface area contributed by atoms with Gasteiger partial charge in [0, 0.05) is 44.0 Å². The number of non-ortho nitro benzene ring substituents is 1. The predicted octanol–water partition coefficient (Wildman–Crippen LogP) is 2.02. The molecular weight excluding hydrogens is 320 g/mol. The largest absolute Gasteiger partial charge is 0.368 e. The number of nitrogens with zero attached hydrogens (tertiary/aromatic N) is 3. The average molecular weight is 346 g/mol. The lowest BCUT2D eigenvalue weighted by Crippen LogP contribution is -2.59. The maximum atomic E-state index is 12.9. The molecule has 1 unspecified atom stereocenters. The van der Waals surface area contributed by atoms with Crippen LogP contribution >= 0.6 is 0 Å². The first-order chi connectivity index (χ1) is 11.9. The molecule has 1 aromatic rings. The Kier molecular flexibility index (Phi) is 4.94. The number of rotatable bonds is 3. The molecule has 0 spiro atoms. The van der Waals surface area contributed by atoms with Gasteiger partial charge in [-0.3, -0.25) is 14.9 Å². The highest BCUT2D eigenvalue weighted by molar-refractivity contribution is 5.83. The van der Waals surface area contributed by atoms with Gasteiger partial charge in [0.05, 0.1) is 11.0 Å². The highest BCUT2D eigenvalue weighted by Crippen LogP contribution is 2.31. The van der Waals surface area contributed by atoms with Gasteiger partial charge in [0.25, 0.3) is 5.69 Å². The third-order valence-electron chi connectivity index (χ3n) is 5.37. The van der Waals surface area contributed by atoms with Gasteiger partial charge in [0.15, 0.2) is 0 Å². The van der Waals surface area contributed by atoms with Crippen molar-refractivity contribution in [2.75, 3.05) is 37.6 Å². The van der Waals surface area contributed by atoms with Gasteiger partial charge in [0.2, 0.25) is 5.91 Å². The minimum atomic E-state index is -0.375. The van der Waals surface area contributed by atoms with E-state index < -0.39 is 0 Å². The summed E-state index contributed by atoms with van der Waals surface area (Å²) in [4.78, 5) is 27.5. The van der Waals surface area contributed by atoms with Gasteiger partial charge in [0.1, 0.15) is 0 Å². The summed E-state index contributed by atoms with van der Waals surface area (Å²) in [5, 5.41) is 14.3. The minimum Gasteiger partial charge on any atom is -0.368 e. The van der Waals surface area contributed by atoms with Crippen LogP contribution in [0.25, 0.3) is 0 Å². The first-order valence-corrected chi connectivity index (χ1v) is 8.90.